The Hall–Kier alpha value is -2.09. The molecule has 1 aliphatic rings. The van der Waals surface area contributed by atoms with Crippen molar-refractivity contribution in [3.8, 4) is 11.4 Å². The number of anilines is 1. The lowest BCUT2D eigenvalue weighted by molar-refractivity contribution is 0.173. The van der Waals surface area contributed by atoms with Crippen molar-refractivity contribution in [3.05, 3.63) is 23.8 Å². The van der Waals surface area contributed by atoms with Gasteiger partial charge in [0.25, 0.3) is 0 Å². The van der Waals surface area contributed by atoms with E-state index >= 15 is 0 Å². The van der Waals surface area contributed by atoms with Crippen LogP contribution in [0.5, 0.6) is 0 Å². The minimum atomic E-state index is -0.799. The van der Waals surface area contributed by atoms with E-state index in [1.165, 1.54) is 10.7 Å². The molecule has 1 fully saturated rings. The third-order valence-corrected chi connectivity index (χ3v) is 3.85. The van der Waals surface area contributed by atoms with Gasteiger partial charge in [-0.25, -0.2) is 13.5 Å². The van der Waals surface area contributed by atoms with E-state index in [1.54, 1.807) is 0 Å². The molecule has 8 heteroatoms. The first-order valence-electron chi connectivity index (χ1n) is 6.68. The van der Waals surface area contributed by atoms with Gasteiger partial charge in [0.1, 0.15) is 11.6 Å². The number of hydrogen-bond acceptors (Lipinski definition) is 5. The van der Waals surface area contributed by atoms with Gasteiger partial charge >= 0.3 is 0 Å². The van der Waals surface area contributed by atoms with Crippen molar-refractivity contribution in [2.24, 2.45) is 5.92 Å². The quantitative estimate of drug-likeness (QED) is 0.873. The van der Waals surface area contributed by atoms with Crippen LogP contribution in [0.15, 0.2) is 12.1 Å². The first-order valence-corrected chi connectivity index (χ1v) is 6.68. The molecule has 1 aromatic carbocycles. The molecular weight excluding hydrogens is 280 g/mol. The highest BCUT2D eigenvalue weighted by Gasteiger charge is 2.27. The van der Waals surface area contributed by atoms with Crippen molar-refractivity contribution in [1.82, 2.24) is 20.2 Å². The molecule has 0 saturated carbocycles. The van der Waals surface area contributed by atoms with E-state index in [0.29, 0.717) is 13.2 Å². The first-order chi connectivity index (χ1) is 10.1. The number of nitrogen functional groups attached to an aromatic ring is 1. The molecule has 1 aliphatic heterocycles. The fraction of sp³-hybridized carbons (Fsp3) is 0.462. The Labute approximate surface area is 119 Å². The summed E-state index contributed by atoms with van der Waals surface area (Å²) in [6.07, 6.45) is 0.897. The largest absolute Gasteiger partial charge is 0.396 e. The SMILES string of the molecule is CC(C1CCOC1)n1nnnc1-c1cc(N)c(F)cc1F. The molecule has 0 spiro atoms. The topological polar surface area (TPSA) is 78.8 Å². The number of benzene rings is 1. The maximum atomic E-state index is 14.0. The summed E-state index contributed by atoms with van der Waals surface area (Å²) in [5.74, 6) is -1.05. The standard InChI is InChI=1S/C13H15F2N5O/c1-7(8-2-3-21-6-8)20-13(17-18-19-20)9-4-12(16)11(15)5-10(9)14/h4-5,7-8H,2-3,6,16H2,1H3. The second kappa shape index (κ2) is 5.36. The predicted molar refractivity (Wildman–Crippen MR) is 71.2 cm³/mol. The summed E-state index contributed by atoms with van der Waals surface area (Å²) >= 11 is 0. The van der Waals surface area contributed by atoms with Gasteiger partial charge in [0.05, 0.1) is 23.9 Å². The van der Waals surface area contributed by atoms with Crippen LogP contribution in [-0.2, 0) is 4.74 Å². The van der Waals surface area contributed by atoms with Gasteiger partial charge in [-0.2, -0.15) is 0 Å². The molecule has 3 rings (SSSR count). The molecule has 2 heterocycles. The smallest absolute Gasteiger partial charge is 0.185 e. The van der Waals surface area contributed by atoms with Crippen LogP contribution < -0.4 is 5.73 Å². The number of nitrogens with zero attached hydrogens (tertiary/aromatic N) is 4. The number of hydrogen-bond donors (Lipinski definition) is 1. The van der Waals surface area contributed by atoms with Crippen LogP contribution in [0.3, 0.4) is 0 Å². The van der Waals surface area contributed by atoms with Crippen LogP contribution in [-0.4, -0.2) is 33.4 Å². The average Bonchev–Trinajstić information content (AvgIpc) is 3.12. The maximum absolute atomic E-state index is 14.0. The van der Waals surface area contributed by atoms with Crippen LogP contribution in [0.1, 0.15) is 19.4 Å². The number of halogens is 2. The molecule has 2 atom stereocenters. The summed E-state index contributed by atoms with van der Waals surface area (Å²) in [4.78, 5) is 0. The molecule has 2 aromatic rings. The molecule has 112 valence electrons. The van der Waals surface area contributed by atoms with Crippen molar-refractivity contribution in [3.63, 3.8) is 0 Å². The molecule has 2 N–H and O–H groups in total. The minimum Gasteiger partial charge on any atom is -0.396 e. The van der Waals surface area contributed by atoms with Crippen molar-refractivity contribution >= 4 is 5.69 Å². The third kappa shape index (κ3) is 2.46. The number of aromatic nitrogens is 4. The minimum absolute atomic E-state index is 0.0526. The molecule has 0 radical (unpaired) electrons. The Kier molecular flexibility index (Phi) is 3.54. The lowest BCUT2D eigenvalue weighted by atomic mass is 10.0. The Balaban J connectivity index is 2.00. The highest BCUT2D eigenvalue weighted by Crippen LogP contribution is 2.31. The van der Waals surface area contributed by atoms with E-state index in [0.717, 1.165) is 12.5 Å². The number of rotatable bonds is 3. The van der Waals surface area contributed by atoms with E-state index in [4.69, 9.17) is 10.5 Å². The van der Waals surface area contributed by atoms with E-state index < -0.39 is 11.6 Å². The third-order valence-electron chi connectivity index (χ3n) is 3.85. The zero-order chi connectivity index (χ0) is 15.0. The summed E-state index contributed by atoms with van der Waals surface area (Å²) < 4.78 is 34.1. The van der Waals surface area contributed by atoms with Gasteiger partial charge in [0.2, 0.25) is 0 Å². The van der Waals surface area contributed by atoms with Crippen molar-refractivity contribution < 1.29 is 13.5 Å². The van der Waals surface area contributed by atoms with Crippen molar-refractivity contribution in [1.29, 1.82) is 0 Å². The predicted octanol–water partition coefficient (Wildman–Crippen LogP) is 1.80. The molecule has 0 aliphatic carbocycles. The molecule has 0 amide bonds. The van der Waals surface area contributed by atoms with Crippen LogP contribution >= 0.6 is 0 Å². The van der Waals surface area contributed by atoms with E-state index in [-0.39, 0.29) is 29.0 Å². The number of nitrogens with two attached hydrogens (primary N) is 1. The first kappa shape index (κ1) is 13.9. The monoisotopic (exact) mass is 295 g/mol. The van der Waals surface area contributed by atoms with Gasteiger partial charge in [0.15, 0.2) is 5.82 Å². The van der Waals surface area contributed by atoms with Gasteiger partial charge in [-0.05, 0) is 29.8 Å². The van der Waals surface area contributed by atoms with Gasteiger partial charge in [-0.1, -0.05) is 0 Å². The average molecular weight is 295 g/mol. The maximum Gasteiger partial charge on any atom is 0.185 e. The summed E-state index contributed by atoms with van der Waals surface area (Å²) in [6.45, 7) is 3.27. The lowest BCUT2D eigenvalue weighted by Crippen LogP contribution is -2.19. The van der Waals surface area contributed by atoms with E-state index in [1.807, 2.05) is 6.92 Å². The summed E-state index contributed by atoms with van der Waals surface area (Å²) in [5, 5.41) is 11.4. The van der Waals surface area contributed by atoms with Crippen molar-refractivity contribution in [2.75, 3.05) is 18.9 Å². The molecular formula is C13H15F2N5O. The fourth-order valence-electron chi connectivity index (χ4n) is 2.52. The van der Waals surface area contributed by atoms with Gasteiger partial charge < -0.3 is 10.5 Å². The highest BCUT2D eigenvalue weighted by molar-refractivity contribution is 5.62. The van der Waals surface area contributed by atoms with Gasteiger partial charge in [0, 0.05) is 18.6 Å². The summed E-state index contributed by atoms with van der Waals surface area (Å²) in [6, 6.07) is 1.90. The van der Waals surface area contributed by atoms with Crippen LogP contribution in [0.25, 0.3) is 11.4 Å². The Bertz CT molecular complexity index is 654. The molecule has 0 bridgehead atoms. The zero-order valence-electron chi connectivity index (χ0n) is 11.5. The second-order valence-electron chi connectivity index (χ2n) is 5.16. The molecule has 2 unspecified atom stereocenters. The molecule has 6 nitrogen and oxygen atoms in total. The molecule has 1 aromatic heterocycles. The van der Waals surface area contributed by atoms with E-state index in [9.17, 15) is 8.78 Å². The normalized spacial score (nSPS) is 19.9. The Morgan fingerprint density at radius 1 is 1.38 bits per heavy atom. The fourth-order valence-corrected chi connectivity index (χ4v) is 2.52. The number of tetrazole rings is 1. The van der Waals surface area contributed by atoms with Crippen LogP contribution in [0.2, 0.25) is 0 Å². The van der Waals surface area contributed by atoms with Crippen LogP contribution in [0.4, 0.5) is 14.5 Å². The lowest BCUT2D eigenvalue weighted by Gasteiger charge is -2.19. The Morgan fingerprint density at radius 3 is 2.90 bits per heavy atom. The Morgan fingerprint density at radius 2 is 2.19 bits per heavy atom. The molecule has 1 saturated heterocycles. The summed E-state index contributed by atoms with van der Waals surface area (Å²) in [5.41, 5.74) is 5.45. The van der Waals surface area contributed by atoms with Gasteiger partial charge in [-0.15, -0.1) is 5.10 Å². The summed E-state index contributed by atoms with van der Waals surface area (Å²) in [7, 11) is 0. The second-order valence-corrected chi connectivity index (χ2v) is 5.16. The van der Waals surface area contributed by atoms with E-state index in [2.05, 4.69) is 15.5 Å². The zero-order valence-corrected chi connectivity index (χ0v) is 11.5. The van der Waals surface area contributed by atoms with Crippen LogP contribution in [0, 0.1) is 17.6 Å². The highest BCUT2D eigenvalue weighted by atomic mass is 19.1. The van der Waals surface area contributed by atoms with Crippen molar-refractivity contribution in [2.45, 2.75) is 19.4 Å². The number of ether oxygens (including phenoxy) is 1. The molecule has 21 heavy (non-hydrogen) atoms. The van der Waals surface area contributed by atoms with Gasteiger partial charge in [-0.3, -0.25) is 0 Å².